The molecule has 1 amide bonds. The van der Waals surface area contributed by atoms with Gasteiger partial charge in [0.25, 0.3) is 0 Å². The van der Waals surface area contributed by atoms with Gasteiger partial charge in [-0.3, -0.25) is 9.78 Å². The van der Waals surface area contributed by atoms with Crippen LogP contribution in [-0.2, 0) is 4.79 Å². The third-order valence-corrected chi connectivity index (χ3v) is 7.52. The van der Waals surface area contributed by atoms with Crippen LogP contribution in [0.1, 0.15) is 37.4 Å². The Labute approximate surface area is 230 Å². The van der Waals surface area contributed by atoms with E-state index in [4.69, 9.17) is 28.2 Å². The lowest BCUT2D eigenvalue weighted by Crippen LogP contribution is -2.29. The van der Waals surface area contributed by atoms with Gasteiger partial charge in [0.2, 0.25) is 5.91 Å². The lowest BCUT2D eigenvalue weighted by Gasteiger charge is -2.26. The number of aromatic nitrogens is 1. The number of furan rings is 1. The topological polar surface area (TPSA) is 70.4 Å². The van der Waals surface area contributed by atoms with Crippen molar-refractivity contribution in [2.24, 2.45) is 5.92 Å². The van der Waals surface area contributed by atoms with Gasteiger partial charge in [0.1, 0.15) is 11.8 Å². The highest BCUT2D eigenvalue weighted by atomic mass is 35.5. The molecule has 2 N–H and O–H groups in total. The molecule has 2 atom stereocenters. The average molecular weight is 549 g/mol. The van der Waals surface area contributed by atoms with E-state index in [1.54, 1.807) is 24.0 Å². The number of pyridine rings is 1. The van der Waals surface area contributed by atoms with Gasteiger partial charge in [-0.25, -0.2) is 0 Å². The third kappa shape index (κ3) is 5.51. The molecule has 1 saturated heterocycles. The number of nitrogens with one attached hydrogen (secondary N) is 2. The van der Waals surface area contributed by atoms with Crippen LogP contribution in [0.5, 0.6) is 0 Å². The molecule has 2 aromatic heterocycles. The Morgan fingerprint density at radius 3 is 2.59 bits per heavy atom. The fourth-order valence-corrected chi connectivity index (χ4v) is 5.47. The molecule has 188 valence electrons. The predicted octanol–water partition coefficient (Wildman–Crippen LogP) is 7.25. The standard InChI is InChI=1S/C28H25ClN4O2S2/c1-17(2)27(34)31-21-12-11-18(16-20(21)29)33-26(25(32-28(33)36)22-10-6-7-15-30-22)23-13-14-24(35-23)37-19-8-4-3-5-9-19/h3-17,25-26H,1-2H3,(H,31,34)(H,32,36)/t25-,26+/m0/s1. The third-order valence-electron chi connectivity index (χ3n) is 5.97. The van der Waals surface area contributed by atoms with E-state index in [9.17, 15) is 4.79 Å². The molecule has 0 spiro atoms. The molecule has 3 heterocycles. The normalized spacial score (nSPS) is 17.2. The van der Waals surface area contributed by atoms with Gasteiger partial charge in [0.05, 0.1) is 22.4 Å². The molecule has 1 fully saturated rings. The Balaban J connectivity index is 1.50. The number of nitrogens with zero attached hydrogens (tertiary/aromatic N) is 2. The van der Waals surface area contributed by atoms with E-state index in [0.29, 0.717) is 15.8 Å². The second-order valence-corrected chi connectivity index (χ2v) is 10.7. The van der Waals surface area contributed by atoms with Gasteiger partial charge >= 0.3 is 0 Å². The van der Waals surface area contributed by atoms with Gasteiger partial charge in [0, 0.05) is 22.7 Å². The lowest BCUT2D eigenvalue weighted by atomic mass is 10.0. The van der Waals surface area contributed by atoms with Gasteiger partial charge < -0.3 is 20.0 Å². The number of benzene rings is 2. The first-order valence-electron chi connectivity index (χ1n) is 11.8. The SMILES string of the molecule is CC(C)C(=O)Nc1ccc(N2C(=S)N[C@@H](c3ccccn3)[C@H]2c2ccc(Sc3ccccc3)o2)cc1Cl. The highest BCUT2D eigenvalue weighted by molar-refractivity contribution is 7.99. The number of carbonyl (C=O) groups excluding carboxylic acids is 1. The zero-order chi connectivity index (χ0) is 25.9. The Bertz CT molecular complexity index is 1410. The number of halogens is 1. The Hall–Kier alpha value is -3.33. The lowest BCUT2D eigenvalue weighted by molar-refractivity contribution is -0.118. The molecule has 9 heteroatoms. The molecule has 1 aliphatic heterocycles. The fourth-order valence-electron chi connectivity index (χ4n) is 4.11. The van der Waals surface area contributed by atoms with E-state index < -0.39 is 0 Å². The molecule has 6 nitrogen and oxygen atoms in total. The summed E-state index contributed by atoms with van der Waals surface area (Å²) in [6.07, 6.45) is 1.77. The van der Waals surface area contributed by atoms with E-state index >= 15 is 0 Å². The van der Waals surface area contributed by atoms with Crippen molar-refractivity contribution < 1.29 is 9.21 Å². The van der Waals surface area contributed by atoms with Crippen LogP contribution in [-0.4, -0.2) is 16.0 Å². The molecule has 37 heavy (non-hydrogen) atoms. The maximum atomic E-state index is 12.2. The number of hydrogen-bond donors (Lipinski definition) is 2. The molecular formula is C28H25ClN4O2S2. The minimum absolute atomic E-state index is 0.0971. The van der Waals surface area contributed by atoms with Crippen LogP contribution in [0.15, 0.2) is 99.5 Å². The van der Waals surface area contributed by atoms with E-state index in [1.165, 1.54) is 0 Å². The van der Waals surface area contributed by atoms with Crippen LogP contribution < -0.4 is 15.5 Å². The molecule has 0 aliphatic carbocycles. The molecule has 0 bridgehead atoms. The van der Waals surface area contributed by atoms with Crippen molar-refractivity contribution in [3.8, 4) is 0 Å². The van der Waals surface area contributed by atoms with E-state index in [0.717, 1.165) is 27.1 Å². The summed E-state index contributed by atoms with van der Waals surface area (Å²) in [5.74, 6) is 0.492. The largest absolute Gasteiger partial charge is 0.452 e. The molecular weight excluding hydrogens is 524 g/mol. The fraction of sp³-hybridized carbons (Fsp3) is 0.179. The predicted molar refractivity (Wildman–Crippen MR) is 152 cm³/mol. The van der Waals surface area contributed by atoms with Crippen LogP contribution >= 0.6 is 35.6 Å². The van der Waals surface area contributed by atoms with Gasteiger partial charge in [-0.05, 0) is 66.8 Å². The summed E-state index contributed by atoms with van der Waals surface area (Å²) in [6.45, 7) is 3.67. The Morgan fingerprint density at radius 1 is 1.11 bits per heavy atom. The summed E-state index contributed by atoms with van der Waals surface area (Å²) in [4.78, 5) is 19.9. The molecule has 0 radical (unpaired) electrons. The van der Waals surface area contributed by atoms with Crippen molar-refractivity contribution in [1.29, 1.82) is 0 Å². The number of rotatable bonds is 7. The summed E-state index contributed by atoms with van der Waals surface area (Å²) < 4.78 is 6.36. The molecule has 1 aliphatic rings. The van der Waals surface area contributed by atoms with E-state index in [-0.39, 0.29) is 23.9 Å². The van der Waals surface area contributed by atoms with E-state index in [2.05, 4.69) is 15.6 Å². The van der Waals surface area contributed by atoms with Crippen LogP contribution in [0.4, 0.5) is 11.4 Å². The van der Waals surface area contributed by atoms with Gasteiger partial charge in [-0.2, -0.15) is 0 Å². The number of thiocarbonyl (C=S) groups is 1. The van der Waals surface area contributed by atoms with E-state index in [1.807, 2.05) is 91.5 Å². The van der Waals surface area contributed by atoms with Gasteiger partial charge in [-0.15, -0.1) is 0 Å². The van der Waals surface area contributed by atoms with Crippen LogP contribution in [0.25, 0.3) is 0 Å². The summed E-state index contributed by atoms with van der Waals surface area (Å²) in [6, 6.07) is 24.8. The minimum atomic E-state index is -0.306. The second-order valence-electron chi connectivity index (χ2n) is 8.88. The average Bonchev–Trinajstić information content (AvgIpc) is 3.50. The van der Waals surface area contributed by atoms with Crippen LogP contribution in [0.2, 0.25) is 5.02 Å². The smallest absolute Gasteiger partial charge is 0.226 e. The first kappa shape index (κ1) is 25.3. The number of amides is 1. The molecule has 0 saturated carbocycles. The Kier molecular flexibility index (Phi) is 7.50. The highest BCUT2D eigenvalue weighted by Crippen LogP contribution is 2.44. The quantitative estimate of drug-likeness (QED) is 0.236. The summed E-state index contributed by atoms with van der Waals surface area (Å²) in [5.41, 5.74) is 2.18. The van der Waals surface area contributed by atoms with Crippen molar-refractivity contribution in [2.75, 3.05) is 10.2 Å². The molecule has 0 unspecified atom stereocenters. The highest BCUT2D eigenvalue weighted by Gasteiger charge is 2.42. The van der Waals surface area contributed by atoms with Crippen LogP contribution in [0, 0.1) is 5.92 Å². The number of hydrogen-bond acceptors (Lipinski definition) is 5. The first-order chi connectivity index (χ1) is 17.9. The first-order valence-corrected chi connectivity index (χ1v) is 13.4. The second kappa shape index (κ2) is 11.0. The summed E-state index contributed by atoms with van der Waals surface area (Å²) in [5, 5.41) is 8.03. The zero-order valence-corrected chi connectivity index (χ0v) is 22.6. The van der Waals surface area contributed by atoms with Crippen molar-refractivity contribution in [3.05, 3.63) is 102 Å². The summed E-state index contributed by atoms with van der Waals surface area (Å²) in [7, 11) is 0. The number of carbonyl (C=O) groups is 1. The van der Waals surface area contributed by atoms with Crippen molar-refractivity contribution in [2.45, 2.75) is 35.9 Å². The maximum absolute atomic E-state index is 12.2. The zero-order valence-electron chi connectivity index (χ0n) is 20.2. The molecule has 5 rings (SSSR count). The van der Waals surface area contributed by atoms with Gasteiger partial charge in [-0.1, -0.05) is 61.5 Å². The monoisotopic (exact) mass is 548 g/mol. The number of anilines is 2. The van der Waals surface area contributed by atoms with Gasteiger partial charge in [0.15, 0.2) is 10.2 Å². The maximum Gasteiger partial charge on any atom is 0.226 e. The molecule has 4 aromatic rings. The van der Waals surface area contributed by atoms with Crippen molar-refractivity contribution >= 4 is 58.0 Å². The Morgan fingerprint density at radius 2 is 1.89 bits per heavy atom. The molecule has 2 aromatic carbocycles. The van der Waals surface area contributed by atoms with Crippen LogP contribution in [0.3, 0.4) is 0 Å². The van der Waals surface area contributed by atoms with Crippen molar-refractivity contribution in [1.82, 2.24) is 10.3 Å². The minimum Gasteiger partial charge on any atom is -0.452 e. The van der Waals surface area contributed by atoms with Crippen molar-refractivity contribution in [3.63, 3.8) is 0 Å². The summed E-state index contributed by atoms with van der Waals surface area (Å²) >= 11 is 14.0.